The predicted molar refractivity (Wildman–Crippen MR) is 85.5 cm³/mol. The molecule has 4 nitrogen and oxygen atoms in total. The van der Waals surface area contributed by atoms with Gasteiger partial charge in [-0.25, -0.2) is 0 Å². The van der Waals surface area contributed by atoms with E-state index in [1.807, 2.05) is 17.8 Å². The van der Waals surface area contributed by atoms with Crippen LogP contribution < -0.4 is 11.1 Å². The number of nitrogens with two attached hydrogens (primary N) is 1. The number of nitrogens with zero attached hydrogens (tertiary/aromatic N) is 1. The van der Waals surface area contributed by atoms with Gasteiger partial charge < -0.3 is 11.1 Å². The van der Waals surface area contributed by atoms with E-state index in [2.05, 4.69) is 33.1 Å². The van der Waals surface area contributed by atoms with Crippen LogP contribution in [-0.4, -0.2) is 41.4 Å². The number of rotatable bonds is 3. The largest absolute Gasteiger partial charge is 0.399 e. The van der Waals surface area contributed by atoms with Gasteiger partial charge in [0.05, 0.1) is 12.2 Å². The molecule has 1 aliphatic heterocycles. The predicted octanol–water partition coefficient (Wildman–Crippen LogP) is 2.41. The normalized spacial score (nSPS) is 20.2. The molecule has 0 radical (unpaired) electrons. The number of anilines is 2. The summed E-state index contributed by atoms with van der Waals surface area (Å²) in [7, 11) is 0. The van der Waals surface area contributed by atoms with Crippen LogP contribution in [0.2, 0.25) is 0 Å². The van der Waals surface area contributed by atoms with E-state index in [-0.39, 0.29) is 5.91 Å². The number of thioether (sulfide) groups is 1. The molecule has 1 aromatic carbocycles. The highest BCUT2D eigenvalue weighted by molar-refractivity contribution is 9.10. The van der Waals surface area contributed by atoms with E-state index in [4.69, 9.17) is 5.73 Å². The van der Waals surface area contributed by atoms with Crippen molar-refractivity contribution < 1.29 is 4.79 Å². The average molecular weight is 344 g/mol. The van der Waals surface area contributed by atoms with Gasteiger partial charge in [0.15, 0.2) is 0 Å². The van der Waals surface area contributed by atoms with Crippen molar-refractivity contribution in [3.05, 3.63) is 22.7 Å². The van der Waals surface area contributed by atoms with Gasteiger partial charge in [-0.05, 0) is 41.1 Å². The van der Waals surface area contributed by atoms with Gasteiger partial charge in [0.1, 0.15) is 0 Å². The van der Waals surface area contributed by atoms with E-state index in [1.165, 1.54) is 0 Å². The molecule has 2 rings (SSSR count). The Morgan fingerprint density at radius 1 is 1.63 bits per heavy atom. The lowest BCUT2D eigenvalue weighted by molar-refractivity contribution is -0.117. The number of benzene rings is 1. The molecular weight excluding hydrogens is 326 g/mol. The minimum absolute atomic E-state index is 0.0178. The van der Waals surface area contributed by atoms with Crippen molar-refractivity contribution in [1.82, 2.24) is 4.90 Å². The third kappa shape index (κ3) is 4.12. The zero-order valence-electron chi connectivity index (χ0n) is 10.9. The second kappa shape index (κ2) is 6.63. The smallest absolute Gasteiger partial charge is 0.238 e. The minimum atomic E-state index is 0.0178. The van der Waals surface area contributed by atoms with Crippen LogP contribution in [0.4, 0.5) is 11.4 Å². The maximum absolute atomic E-state index is 12.1. The molecule has 3 N–H and O–H groups in total. The Labute approximate surface area is 126 Å². The molecule has 0 aliphatic carbocycles. The molecule has 0 bridgehead atoms. The van der Waals surface area contributed by atoms with Crippen LogP contribution >= 0.6 is 27.7 Å². The van der Waals surface area contributed by atoms with Crippen molar-refractivity contribution in [2.75, 3.05) is 35.6 Å². The second-order valence-corrected chi connectivity index (χ2v) is 6.69. The Hall–Kier alpha value is -0.720. The third-order valence-electron chi connectivity index (χ3n) is 3.12. The number of amides is 1. The summed E-state index contributed by atoms with van der Waals surface area (Å²) in [5.74, 6) is 2.21. The minimum Gasteiger partial charge on any atom is -0.399 e. The van der Waals surface area contributed by atoms with Crippen LogP contribution in [0.1, 0.15) is 6.92 Å². The fourth-order valence-corrected chi connectivity index (χ4v) is 3.58. The van der Waals surface area contributed by atoms with Crippen LogP contribution in [0.25, 0.3) is 0 Å². The third-order valence-corrected chi connectivity index (χ3v) is 4.96. The fourth-order valence-electron chi connectivity index (χ4n) is 2.00. The van der Waals surface area contributed by atoms with Crippen LogP contribution in [-0.2, 0) is 4.79 Å². The second-order valence-electron chi connectivity index (χ2n) is 4.68. The number of hydrogen-bond donors (Lipinski definition) is 2. The van der Waals surface area contributed by atoms with E-state index < -0.39 is 0 Å². The number of hydrogen-bond acceptors (Lipinski definition) is 4. The van der Waals surface area contributed by atoms with Gasteiger partial charge in [0, 0.05) is 34.3 Å². The molecule has 0 saturated carbocycles. The Kier molecular flexibility index (Phi) is 5.13. The van der Waals surface area contributed by atoms with Gasteiger partial charge in [-0.3, -0.25) is 9.69 Å². The summed E-state index contributed by atoms with van der Waals surface area (Å²) in [6, 6.07) is 5.84. The summed E-state index contributed by atoms with van der Waals surface area (Å²) < 4.78 is 0.808. The van der Waals surface area contributed by atoms with Crippen molar-refractivity contribution in [2.45, 2.75) is 13.0 Å². The molecule has 0 aromatic heterocycles. The summed E-state index contributed by atoms with van der Waals surface area (Å²) in [6.45, 7) is 3.58. The molecule has 19 heavy (non-hydrogen) atoms. The molecule has 104 valence electrons. The van der Waals surface area contributed by atoms with E-state index in [0.29, 0.717) is 18.3 Å². The quantitative estimate of drug-likeness (QED) is 0.827. The first-order chi connectivity index (χ1) is 9.06. The van der Waals surface area contributed by atoms with Crippen molar-refractivity contribution in [2.24, 2.45) is 0 Å². The lowest BCUT2D eigenvalue weighted by Crippen LogP contribution is -2.44. The zero-order chi connectivity index (χ0) is 13.8. The molecule has 1 unspecified atom stereocenters. The van der Waals surface area contributed by atoms with E-state index in [1.54, 1.807) is 12.1 Å². The first-order valence-electron chi connectivity index (χ1n) is 6.23. The average Bonchev–Trinajstić information content (AvgIpc) is 2.36. The number of carbonyl (C=O) groups is 1. The summed E-state index contributed by atoms with van der Waals surface area (Å²) >= 11 is 5.35. The molecule has 1 aliphatic rings. The van der Waals surface area contributed by atoms with E-state index in [0.717, 1.165) is 28.2 Å². The Morgan fingerprint density at radius 2 is 2.42 bits per heavy atom. The summed E-state index contributed by atoms with van der Waals surface area (Å²) in [6.07, 6.45) is 0. The maximum Gasteiger partial charge on any atom is 0.238 e. The van der Waals surface area contributed by atoms with Gasteiger partial charge in [0.2, 0.25) is 5.91 Å². The Balaban J connectivity index is 1.93. The van der Waals surface area contributed by atoms with Crippen molar-refractivity contribution in [3.63, 3.8) is 0 Å². The molecule has 0 spiro atoms. The van der Waals surface area contributed by atoms with Gasteiger partial charge in [-0.2, -0.15) is 11.8 Å². The maximum atomic E-state index is 12.1. The lowest BCUT2D eigenvalue weighted by Gasteiger charge is -2.32. The van der Waals surface area contributed by atoms with Gasteiger partial charge in [-0.1, -0.05) is 0 Å². The first-order valence-corrected chi connectivity index (χ1v) is 8.17. The zero-order valence-corrected chi connectivity index (χ0v) is 13.3. The topological polar surface area (TPSA) is 58.4 Å². The summed E-state index contributed by atoms with van der Waals surface area (Å²) in [4.78, 5) is 14.3. The number of carbonyl (C=O) groups excluding carboxylic acids is 1. The SMILES string of the molecule is CC1CSCCN1CC(=O)Nc1ccc(N)cc1Br. The van der Waals surface area contributed by atoms with Crippen LogP contribution in [0, 0.1) is 0 Å². The highest BCUT2D eigenvalue weighted by atomic mass is 79.9. The van der Waals surface area contributed by atoms with Gasteiger partial charge >= 0.3 is 0 Å². The highest BCUT2D eigenvalue weighted by Crippen LogP contribution is 2.24. The van der Waals surface area contributed by atoms with E-state index in [9.17, 15) is 4.79 Å². The van der Waals surface area contributed by atoms with Crippen molar-refractivity contribution >= 4 is 45.0 Å². The molecule has 1 saturated heterocycles. The molecule has 1 heterocycles. The fraction of sp³-hybridized carbons (Fsp3) is 0.462. The molecule has 1 amide bonds. The summed E-state index contributed by atoms with van der Waals surface area (Å²) in [5, 5.41) is 2.92. The lowest BCUT2D eigenvalue weighted by atomic mass is 10.2. The Bertz CT molecular complexity index is 469. The molecule has 1 aromatic rings. The molecule has 1 atom stereocenters. The van der Waals surface area contributed by atoms with Crippen molar-refractivity contribution in [1.29, 1.82) is 0 Å². The number of nitrogen functional groups attached to an aromatic ring is 1. The first kappa shape index (κ1) is 14.7. The highest BCUT2D eigenvalue weighted by Gasteiger charge is 2.21. The number of nitrogens with one attached hydrogen (secondary N) is 1. The van der Waals surface area contributed by atoms with Crippen molar-refractivity contribution in [3.8, 4) is 0 Å². The number of halogens is 1. The Morgan fingerprint density at radius 3 is 3.11 bits per heavy atom. The van der Waals surface area contributed by atoms with Crippen LogP contribution in [0.5, 0.6) is 0 Å². The van der Waals surface area contributed by atoms with Crippen LogP contribution in [0.15, 0.2) is 22.7 Å². The monoisotopic (exact) mass is 343 g/mol. The summed E-state index contributed by atoms with van der Waals surface area (Å²) in [5.41, 5.74) is 7.11. The van der Waals surface area contributed by atoms with Gasteiger partial charge in [0.25, 0.3) is 0 Å². The molecule has 1 fully saturated rings. The standard InChI is InChI=1S/C13H18BrN3OS/c1-9-8-19-5-4-17(9)7-13(18)16-12-3-2-10(15)6-11(12)14/h2-3,6,9H,4-5,7-8,15H2,1H3,(H,16,18). The molecule has 6 heteroatoms. The van der Waals surface area contributed by atoms with Crippen LogP contribution in [0.3, 0.4) is 0 Å². The van der Waals surface area contributed by atoms with E-state index >= 15 is 0 Å². The van der Waals surface area contributed by atoms with Gasteiger partial charge in [-0.15, -0.1) is 0 Å². The molecular formula is C13H18BrN3OS.